The van der Waals surface area contributed by atoms with E-state index in [1.54, 1.807) is 0 Å². The predicted molar refractivity (Wildman–Crippen MR) is 238 cm³/mol. The van der Waals surface area contributed by atoms with Crippen LogP contribution in [0.2, 0.25) is 0 Å². The lowest BCUT2D eigenvalue weighted by atomic mass is 10.0. The largest absolute Gasteiger partial charge is 0.472 e. The summed E-state index contributed by atoms with van der Waals surface area (Å²) in [6, 6.07) is 0. The number of hydrogen-bond acceptors (Lipinski definition) is 8. The van der Waals surface area contributed by atoms with Crippen molar-refractivity contribution in [3.05, 3.63) is 12.2 Å². The third kappa shape index (κ3) is 44.1. The van der Waals surface area contributed by atoms with Crippen molar-refractivity contribution in [1.29, 1.82) is 0 Å². The SMILES string of the molecule is CCCCCCCC/C=C/CCCCCCCCCCCC(=O)O[C@H](COC(=O)CCCCCCCCCCCCCCCCCCC)COP(=O)(O)OCCN. The molecule has 0 aromatic carbocycles. The van der Waals surface area contributed by atoms with Crippen LogP contribution in [0.25, 0.3) is 0 Å². The lowest BCUT2D eigenvalue weighted by Gasteiger charge is -2.19. The number of rotatable bonds is 46. The van der Waals surface area contributed by atoms with Crippen LogP contribution in [0.4, 0.5) is 0 Å². The molecule has 1 unspecified atom stereocenters. The van der Waals surface area contributed by atoms with E-state index in [-0.39, 0.29) is 38.6 Å². The third-order valence-corrected chi connectivity index (χ3v) is 11.6. The summed E-state index contributed by atoms with van der Waals surface area (Å²) in [6.07, 6.45) is 46.7. The summed E-state index contributed by atoms with van der Waals surface area (Å²) in [5, 5.41) is 0. The number of esters is 2. The van der Waals surface area contributed by atoms with Gasteiger partial charge in [0.05, 0.1) is 13.2 Å². The van der Waals surface area contributed by atoms with Crippen LogP contribution in [-0.4, -0.2) is 49.3 Å². The quantitative estimate of drug-likeness (QED) is 0.0266. The number of carbonyl (C=O) groups is 2. The van der Waals surface area contributed by atoms with E-state index in [1.807, 2.05) is 0 Å². The van der Waals surface area contributed by atoms with Crippen LogP contribution in [0.5, 0.6) is 0 Å². The van der Waals surface area contributed by atoms with Crippen molar-refractivity contribution in [3.8, 4) is 0 Å². The van der Waals surface area contributed by atoms with E-state index in [0.29, 0.717) is 6.42 Å². The Hall–Kier alpha value is -1.25. The Balaban J connectivity index is 4.05. The summed E-state index contributed by atoms with van der Waals surface area (Å²) in [7, 11) is -4.37. The van der Waals surface area contributed by atoms with Crippen LogP contribution in [-0.2, 0) is 32.7 Å². The van der Waals surface area contributed by atoms with Crippen molar-refractivity contribution in [2.75, 3.05) is 26.4 Å². The van der Waals surface area contributed by atoms with Gasteiger partial charge in [0.25, 0.3) is 0 Å². The zero-order chi connectivity index (χ0) is 41.8. The molecule has 0 radical (unpaired) electrons. The molecule has 0 aliphatic carbocycles. The lowest BCUT2D eigenvalue weighted by Crippen LogP contribution is -2.29. The molecule has 0 heterocycles. The molecular formula is C47H92NO8P. The van der Waals surface area contributed by atoms with Gasteiger partial charge in [-0.1, -0.05) is 206 Å². The number of unbranched alkanes of at least 4 members (excludes halogenated alkanes) is 31. The first-order valence-electron chi connectivity index (χ1n) is 24.2. The molecule has 0 rings (SSSR count). The predicted octanol–water partition coefficient (Wildman–Crippen LogP) is 14.2. The third-order valence-electron chi connectivity index (χ3n) is 10.7. The Labute approximate surface area is 351 Å². The summed E-state index contributed by atoms with van der Waals surface area (Å²) in [6.45, 7) is 3.77. The van der Waals surface area contributed by atoms with E-state index in [4.69, 9.17) is 24.3 Å². The first-order chi connectivity index (χ1) is 27.8. The standard InChI is InChI=1S/C47H92NO8P/c1-3-5-7-9-11-13-15-17-19-21-22-24-26-28-30-32-34-36-38-40-47(50)56-45(44-55-57(51,52)54-42-41-48)43-53-46(49)39-37-35-33-31-29-27-25-23-20-18-16-14-12-10-8-6-4-2/h17,19,45H,3-16,18,20-44,48H2,1-2H3,(H,51,52)/b19-17+/t45-/m1/s1. The molecule has 0 saturated heterocycles. The van der Waals surface area contributed by atoms with Crippen LogP contribution < -0.4 is 5.73 Å². The second-order valence-corrected chi connectivity index (χ2v) is 17.8. The molecule has 0 amide bonds. The van der Waals surface area contributed by atoms with Gasteiger partial charge >= 0.3 is 19.8 Å². The van der Waals surface area contributed by atoms with E-state index in [0.717, 1.165) is 38.5 Å². The van der Waals surface area contributed by atoms with Gasteiger partial charge in [-0.05, 0) is 38.5 Å². The molecular weight excluding hydrogens is 737 g/mol. The Morgan fingerprint density at radius 1 is 0.509 bits per heavy atom. The molecule has 0 aromatic heterocycles. The topological polar surface area (TPSA) is 134 Å². The van der Waals surface area contributed by atoms with Crippen molar-refractivity contribution in [2.45, 2.75) is 251 Å². The smallest absolute Gasteiger partial charge is 0.462 e. The molecule has 9 nitrogen and oxygen atoms in total. The lowest BCUT2D eigenvalue weighted by molar-refractivity contribution is -0.161. The van der Waals surface area contributed by atoms with Crippen LogP contribution in [0, 0.1) is 0 Å². The second-order valence-electron chi connectivity index (χ2n) is 16.3. The van der Waals surface area contributed by atoms with Gasteiger partial charge in [0.15, 0.2) is 6.10 Å². The number of hydrogen-bond donors (Lipinski definition) is 2. The fourth-order valence-corrected chi connectivity index (χ4v) is 7.81. The molecule has 10 heteroatoms. The van der Waals surface area contributed by atoms with Crippen molar-refractivity contribution < 1.29 is 37.6 Å². The summed E-state index contributed by atoms with van der Waals surface area (Å²) in [5.74, 6) is -0.816. The minimum atomic E-state index is -4.37. The van der Waals surface area contributed by atoms with Gasteiger partial charge in [0, 0.05) is 19.4 Å². The van der Waals surface area contributed by atoms with Crippen molar-refractivity contribution >= 4 is 19.8 Å². The first-order valence-corrected chi connectivity index (χ1v) is 25.7. The van der Waals surface area contributed by atoms with Crippen LogP contribution in [0.1, 0.15) is 245 Å². The molecule has 0 aliphatic heterocycles. The number of carbonyl (C=O) groups excluding carboxylic acids is 2. The summed E-state index contributed by atoms with van der Waals surface area (Å²) in [4.78, 5) is 35.0. The van der Waals surface area contributed by atoms with Gasteiger partial charge in [0.1, 0.15) is 6.61 Å². The summed E-state index contributed by atoms with van der Waals surface area (Å²) in [5.41, 5.74) is 5.36. The van der Waals surface area contributed by atoms with Gasteiger partial charge in [0.2, 0.25) is 0 Å². The Bertz CT molecular complexity index is 948. The maximum atomic E-state index is 12.6. The van der Waals surface area contributed by atoms with Gasteiger partial charge in [-0.3, -0.25) is 18.6 Å². The van der Waals surface area contributed by atoms with Crippen LogP contribution in [0.15, 0.2) is 12.2 Å². The summed E-state index contributed by atoms with van der Waals surface area (Å²) < 4.78 is 32.9. The number of nitrogens with two attached hydrogens (primary N) is 1. The summed E-state index contributed by atoms with van der Waals surface area (Å²) >= 11 is 0. The second kappa shape index (κ2) is 44.3. The molecule has 338 valence electrons. The van der Waals surface area contributed by atoms with Crippen LogP contribution >= 0.6 is 7.82 Å². The molecule has 57 heavy (non-hydrogen) atoms. The highest BCUT2D eigenvalue weighted by Crippen LogP contribution is 2.43. The van der Waals surface area contributed by atoms with E-state index in [9.17, 15) is 19.0 Å². The maximum Gasteiger partial charge on any atom is 0.472 e. The Kier molecular flexibility index (Phi) is 43.3. The molecule has 0 spiro atoms. The van der Waals surface area contributed by atoms with Crippen molar-refractivity contribution in [2.24, 2.45) is 5.73 Å². The Morgan fingerprint density at radius 3 is 1.25 bits per heavy atom. The number of allylic oxidation sites excluding steroid dienone is 2. The molecule has 0 aliphatic rings. The van der Waals surface area contributed by atoms with Gasteiger partial charge < -0.3 is 20.1 Å². The average molecular weight is 830 g/mol. The molecule has 2 atom stereocenters. The average Bonchev–Trinajstić information content (AvgIpc) is 3.20. The monoisotopic (exact) mass is 830 g/mol. The highest BCUT2D eigenvalue weighted by molar-refractivity contribution is 7.47. The molecule has 0 fully saturated rings. The fourth-order valence-electron chi connectivity index (χ4n) is 7.04. The molecule has 0 saturated carbocycles. The zero-order valence-electron chi connectivity index (χ0n) is 37.3. The van der Waals surface area contributed by atoms with Crippen LogP contribution in [0.3, 0.4) is 0 Å². The molecule has 0 aromatic rings. The van der Waals surface area contributed by atoms with Gasteiger partial charge in [-0.2, -0.15) is 0 Å². The number of ether oxygens (including phenoxy) is 2. The normalized spacial score (nSPS) is 13.3. The number of phosphoric ester groups is 1. The highest BCUT2D eigenvalue weighted by atomic mass is 31.2. The van der Waals surface area contributed by atoms with E-state index < -0.39 is 26.5 Å². The van der Waals surface area contributed by atoms with Gasteiger partial charge in [-0.25, -0.2) is 4.57 Å². The minimum Gasteiger partial charge on any atom is -0.462 e. The minimum absolute atomic E-state index is 0.0561. The van der Waals surface area contributed by atoms with E-state index >= 15 is 0 Å². The maximum absolute atomic E-state index is 12.6. The van der Waals surface area contributed by atoms with Crippen molar-refractivity contribution in [1.82, 2.24) is 0 Å². The van der Waals surface area contributed by atoms with E-state index in [1.165, 1.54) is 173 Å². The zero-order valence-corrected chi connectivity index (χ0v) is 38.2. The fraction of sp³-hybridized carbons (Fsp3) is 0.915. The molecule has 3 N–H and O–H groups in total. The van der Waals surface area contributed by atoms with Gasteiger partial charge in [-0.15, -0.1) is 0 Å². The molecule has 0 bridgehead atoms. The highest BCUT2D eigenvalue weighted by Gasteiger charge is 2.26. The van der Waals surface area contributed by atoms with E-state index in [2.05, 4.69) is 26.0 Å². The van der Waals surface area contributed by atoms with Crippen molar-refractivity contribution in [3.63, 3.8) is 0 Å². The Morgan fingerprint density at radius 2 is 0.860 bits per heavy atom. The first kappa shape index (κ1) is 55.8. The number of phosphoric acid groups is 1.